The number of carbonyl (C=O) groups excluding carboxylic acids is 1. The molecule has 5 nitrogen and oxygen atoms in total. The molecule has 0 spiro atoms. The molecule has 7 heteroatoms. The van der Waals surface area contributed by atoms with Gasteiger partial charge in [0.1, 0.15) is 29.7 Å². The zero-order valence-corrected chi connectivity index (χ0v) is 14.1. The van der Waals surface area contributed by atoms with Crippen LogP contribution in [0, 0.1) is 11.6 Å². The molecule has 3 aromatic rings. The van der Waals surface area contributed by atoms with Crippen LogP contribution >= 0.6 is 0 Å². The predicted molar refractivity (Wildman–Crippen MR) is 92.8 cm³/mol. The maximum atomic E-state index is 13.0. The first-order valence-electron chi connectivity index (χ1n) is 7.99. The van der Waals surface area contributed by atoms with Crippen molar-refractivity contribution in [1.82, 2.24) is 15.1 Å². The predicted octanol–water partition coefficient (Wildman–Crippen LogP) is 3.17. The Morgan fingerprint density at radius 2 is 1.69 bits per heavy atom. The Labute approximate surface area is 149 Å². The van der Waals surface area contributed by atoms with Crippen LogP contribution in [-0.4, -0.2) is 28.8 Å². The van der Waals surface area contributed by atoms with Crippen molar-refractivity contribution < 1.29 is 18.3 Å². The Morgan fingerprint density at radius 1 is 1.08 bits per heavy atom. The van der Waals surface area contributed by atoms with E-state index in [1.54, 1.807) is 25.2 Å². The highest BCUT2D eigenvalue weighted by Gasteiger charge is 2.14. The first-order chi connectivity index (χ1) is 12.5. The molecule has 1 N–H and O–H groups in total. The topological polar surface area (TPSA) is 56.2 Å². The maximum absolute atomic E-state index is 13.0. The summed E-state index contributed by atoms with van der Waals surface area (Å²) >= 11 is 0. The van der Waals surface area contributed by atoms with Crippen LogP contribution in [0.3, 0.4) is 0 Å². The molecule has 1 heterocycles. The van der Waals surface area contributed by atoms with E-state index in [1.165, 1.54) is 41.1 Å². The third-order valence-electron chi connectivity index (χ3n) is 3.72. The van der Waals surface area contributed by atoms with Gasteiger partial charge in [-0.1, -0.05) is 0 Å². The average molecular weight is 357 g/mol. The number of amides is 1. The number of halogens is 2. The number of aryl methyl sites for hydroxylation is 1. The minimum Gasteiger partial charge on any atom is -0.492 e. The van der Waals surface area contributed by atoms with Crippen LogP contribution in [0.1, 0.15) is 10.5 Å². The lowest BCUT2D eigenvalue weighted by Gasteiger charge is -2.07. The lowest BCUT2D eigenvalue weighted by atomic mass is 10.1. The van der Waals surface area contributed by atoms with E-state index in [9.17, 15) is 13.6 Å². The van der Waals surface area contributed by atoms with Gasteiger partial charge in [0.2, 0.25) is 0 Å². The first kappa shape index (κ1) is 17.6. The number of hydrogen-bond donors (Lipinski definition) is 1. The van der Waals surface area contributed by atoms with Crippen molar-refractivity contribution in [1.29, 1.82) is 0 Å². The lowest BCUT2D eigenvalue weighted by Crippen LogP contribution is -2.29. The van der Waals surface area contributed by atoms with Crippen molar-refractivity contribution in [3.8, 4) is 17.0 Å². The fourth-order valence-electron chi connectivity index (χ4n) is 2.40. The van der Waals surface area contributed by atoms with Crippen molar-refractivity contribution in [3.63, 3.8) is 0 Å². The molecule has 26 heavy (non-hydrogen) atoms. The van der Waals surface area contributed by atoms with Gasteiger partial charge in [0.05, 0.1) is 12.2 Å². The van der Waals surface area contributed by atoms with Crippen molar-refractivity contribution >= 4 is 5.91 Å². The molecular formula is C19H17F2N3O2. The van der Waals surface area contributed by atoms with Crippen LogP contribution in [0.2, 0.25) is 0 Å². The molecule has 1 amide bonds. The van der Waals surface area contributed by atoms with Crippen LogP contribution in [0.4, 0.5) is 8.78 Å². The zero-order valence-electron chi connectivity index (χ0n) is 14.1. The molecule has 0 bridgehead atoms. The summed E-state index contributed by atoms with van der Waals surface area (Å²) in [4.78, 5) is 12.3. The van der Waals surface area contributed by atoms with Gasteiger partial charge in [-0.05, 0) is 54.6 Å². The van der Waals surface area contributed by atoms with Crippen molar-refractivity contribution in [2.24, 2.45) is 7.05 Å². The Hall–Kier alpha value is -3.22. The molecule has 0 atom stereocenters. The summed E-state index contributed by atoms with van der Waals surface area (Å²) in [6.07, 6.45) is 0. The van der Waals surface area contributed by atoms with Gasteiger partial charge < -0.3 is 10.1 Å². The van der Waals surface area contributed by atoms with Crippen molar-refractivity contribution in [2.75, 3.05) is 13.2 Å². The van der Waals surface area contributed by atoms with Gasteiger partial charge in [-0.15, -0.1) is 0 Å². The summed E-state index contributed by atoms with van der Waals surface area (Å²) < 4.78 is 32.7. The molecule has 0 radical (unpaired) electrons. The first-order valence-corrected chi connectivity index (χ1v) is 7.99. The Balaban J connectivity index is 1.56. The molecule has 0 aliphatic rings. The van der Waals surface area contributed by atoms with E-state index in [0.717, 1.165) is 5.56 Å². The molecule has 0 fully saturated rings. The number of rotatable bonds is 6. The summed E-state index contributed by atoms with van der Waals surface area (Å²) in [5, 5.41) is 7.02. The van der Waals surface area contributed by atoms with Crippen LogP contribution in [0.15, 0.2) is 54.6 Å². The number of ether oxygens (including phenoxy) is 1. The molecule has 0 saturated carbocycles. The standard InChI is InChI=1S/C19H17F2N3O2/c1-24-18(12-17(23-24)13-2-4-14(20)5-3-13)19(25)22-10-11-26-16-8-6-15(21)7-9-16/h2-9,12H,10-11H2,1H3,(H,22,25). The second kappa shape index (κ2) is 7.77. The van der Waals surface area contributed by atoms with Gasteiger partial charge in [-0.3, -0.25) is 9.48 Å². The van der Waals surface area contributed by atoms with E-state index in [1.807, 2.05) is 0 Å². The quantitative estimate of drug-likeness (QED) is 0.690. The fourth-order valence-corrected chi connectivity index (χ4v) is 2.40. The summed E-state index contributed by atoms with van der Waals surface area (Å²) in [6, 6.07) is 13.2. The largest absolute Gasteiger partial charge is 0.492 e. The molecule has 1 aromatic heterocycles. The maximum Gasteiger partial charge on any atom is 0.269 e. The van der Waals surface area contributed by atoms with E-state index in [2.05, 4.69) is 10.4 Å². The van der Waals surface area contributed by atoms with Crippen LogP contribution in [-0.2, 0) is 7.05 Å². The lowest BCUT2D eigenvalue weighted by molar-refractivity contribution is 0.0937. The van der Waals surface area contributed by atoms with Crippen molar-refractivity contribution in [3.05, 3.63) is 71.9 Å². The minimum atomic E-state index is -0.334. The highest BCUT2D eigenvalue weighted by molar-refractivity contribution is 5.93. The second-order valence-corrected chi connectivity index (χ2v) is 5.60. The number of nitrogens with zero attached hydrogens (tertiary/aromatic N) is 2. The number of aromatic nitrogens is 2. The molecule has 3 rings (SSSR count). The van der Waals surface area contributed by atoms with Crippen LogP contribution < -0.4 is 10.1 Å². The number of benzene rings is 2. The third-order valence-corrected chi connectivity index (χ3v) is 3.72. The SMILES string of the molecule is Cn1nc(-c2ccc(F)cc2)cc1C(=O)NCCOc1ccc(F)cc1. The highest BCUT2D eigenvalue weighted by Crippen LogP contribution is 2.19. The summed E-state index contributed by atoms with van der Waals surface area (Å²) in [5.41, 5.74) is 1.69. The van der Waals surface area contributed by atoms with E-state index >= 15 is 0 Å². The minimum absolute atomic E-state index is 0.250. The number of hydrogen-bond acceptors (Lipinski definition) is 3. The number of carbonyl (C=O) groups is 1. The van der Waals surface area contributed by atoms with Gasteiger partial charge in [-0.25, -0.2) is 8.78 Å². The molecular weight excluding hydrogens is 340 g/mol. The van der Waals surface area contributed by atoms with E-state index < -0.39 is 0 Å². The van der Waals surface area contributed by atoms with Gasteiger partial charge in [0.25, 0.3) is 5.91 Å². The monoisotopic (exact) mass is 357 g/mol. The van der Waals surface area contributed by atoms with E-state index in [-0.39, 0.29) is 30.7 Å². The van der Waals surface area contributed by atoms with Crippen LogP contribution in [0.5, 0.6) is 5.75 Å². The Morgan fingerprint density at radius 3 is 2.35 bits per heavy atom. The van der Waals surface area contributed by atoms with Gasteiger partial charge >= 0.3 is 0 Å². The highest BCUT2D eigenvalue weighted by atomic mass is 19.1. The van der Waals surface area contributed by atoms with E-state index in [4.69, 9.17) is 4.74 Å². The van der Waals surface area contributed by atoms with Gasteiger partial charge in [-0.2, -0.15) is 5.10 Å². The van der Waals surface area contributed by atoms with E-state index in [0.29, 0.717) is 17.1 Å². The Kier molecular flexibility index (Phi) is 5.26. The molecule has 0 aliphatic heterocycles. The fraction of sp³-hybridized carbons (Fsp3) is 0.158. The van der Waals surface area contributed by atoms with Gasteiger partial charge in [0.15, 0.2) is 0 Å². The molecule has 0 unspecified atom stereocenters. The third kappa shape index (κ3) is 4.24. The smallest absolute Gasteiger partial charge is 0.269 e. The molecule has 0 aliphatic carbocycles. The van der Waals surface area contributed by atoms with Gasteiger partial charge in [0, 0.05) is 12.6 Å². The summed E-state index contributed by atoms with van der Waals surface area (Å²) in [6.45, 7) is 0.535. The number of nitrogens with one attached hydrogen (secondary N) is 1. The van der Waals surface area contributed by atoms with Crippen LogP contribution in [0.25, 0.3) is 11.3 Å². The summed E-state index contributed by atoms with van der Waals surface area (Å²) in [7, 11) is 1.66. The van der Waals surface area contributed by atoms with Crippen molar-refractivity contribution in [2.45, 2.75) is 0 Å². The molecule has 2 aromatic carbocycles. The second-order valence-electron chi connectivity index (χ2n) is 5.60. The molecule has 0 saturated heterocycles. The normalized spacial score (nSPS) is 10.6. The summed E-state index contributed by atoms with van der Waals surface area (Å²) in [5.74, 6) is -0.432. The zero-order chi connectivity index (χ0) is 18.5. The Bertz CT molecular complexity index is 890. The molecule has 134 valence electrons. The average Bonchev–Trinajstić information content (AvgIpc) is 3.02.